The minimum atomic E-state index is -0.735. The normalized spacial score (nSPS) is 30.3. The molecule has 0 amide bonds. The van der Waals surface area contributed by atoms with Gasteiger partial charge < -0.3 is 10.2 Å². The number of aromatic carboxylic acids is 2. The molecule has 0 heterocycles. The number of carboxylic acids is 2. The average molecular weight is 525 g/mol. The summed E-state index contributed by atoms with van der Waals surface area (Å²) in [6.07, 6.45) is 15.1. The third-order valence-corrected chi connectivity index (χ3v) is 11.6. The van der Waals surface area contributed by atoms with Crippen molar-refractivity contribution in [2.45, 2.75) is 119 Å². The van der Waals surface area contributed by atoms with Gasteiger partial charge in [0.05, 0.1) is 11.1 Å². The maximum atomic E-state index is 12.6. The summed E-state index contributed by atoms with van der Waals surface area (Å²) < 4.78 is 0. The first-order chi connectivity index (χ1) is 19.0. The van der Waals surface area contributed by atoms with Crippen molar-refractivity contribution in [1.82, 2.24) is 0 Å². The van der Waals surface area contributed by atoms with Crippen molar-refractivity contribution in [3.63, 3.8) is 0 Å². The van der Waals surface area contributed by atoms with E-state index in [2.05, 4.69) is 24.3 Å². The zero-order valence-corrected chi connectivity index (χ0v) is 22.8. The fraction of sp³-hybridized carbons (Fsp3) is 0.600. The van der Waals surface area contributed by atoms with Gasteiger partial charge in [0.1, 0.15) is 0 Å². The highest BCUT2D eigenvalue weighted by Gasteiger charge is 2.52. The standard InChI is InChI=1S/C35H40O4/c36-34(37)32-27(19-3-1-4-19)15-23(16-28(32)20-5-2-6-20)24-11-12-25(24)29-17-30(29)31-14-22(18-7-8-18)13-26(21-9-10-21)33(31)35(38)39/h13-16,18-21,24-25,29-30H,1-12,17H2,(H,36,37)(H,38,39). The maximum Gasteiger partial charge on any atom is 0.336 e. The Bertz CT molecular complexity index is 1320. The monoisotopic (exact) mass is 524 g/mol. The van der Waals surface area contributed by atoms with Crippen LogP contribution in [-0.4, -0.2) is 22.2 Å². The van der Waals surface area contributed by atoms with Gasteiger partial charge >= 0.3 is 11.9 Å². The van der Waals surface area contributed by atoms with E-state index in [1.54, 1.807) is 0 Å². The van der Waals surface area contributed by atoms with Crippen LogP contribution in [0.5, 0.6) is 0 Å². The van der Waals surface area contributed by atoms with Gasteiger partial charge in [0.15, 0.2) is 0 Å². The highest BCUT2D eigenvalue weighted by Crippen LogP contribution is 2.63. The molecule has 2 aromatic carbocycles. The molecule has 4 unspecified atom stereocenters. The lowest BCUT2D eigenvalue weighted by molar-refractivity contribution is 0.0681. The van der Waals surface area contributed by atoms with E-state index in [-0.39, 0.29) is 0 Å². The van der Waals surface area contributed by atoms with Crippen LogP contribution in [0.4, 0.5) is 0 Å². The van der Waals surface area contributed by atoms with Crippen LogP contribution in [0.15, 0.2) is 24.3 Å². The summed E-state index contributed by atoms with van der Waals surface area (Å²) in [5, 5.41) is 20.6. The maximum absolute atomic E-state index is 12.6. The number of benzene rings is 2. The lowest BCUT2D eigenvalue weighted by Gasteiger charge is -2.40. The topological polar surface area (TPSA) is 74.6 Å². The van der Waals surface area contributed by atoms with Crippen molar-refractivity contribution >= 4 is 11.9 Å². The number of hydrogen-bond acceptors (Lipinski definition) is 2. The Morgan fingerprint density at radius 2 is 1.00 bits per heavy atom. The van der Waals surface area contributed by atoms with E-state index in [0.717, 1.165) is 67.2 Å². The zero-order chi connectivity index (χ0) is 26.4. The van der Waals surface area contributed by atoms with Gasteiger partial charge in [-0.15, -0.1) is 0 Å². The first kappa shape index (κ1) is 24.2. The van der Waals surface area contributed by atoms with E-state index in [9.17, 15) is 19.8 Å². The minimum absolute atomic E-state index is 0.371. The Labute approximate surface area is 231 Å². The summed E-state index contributed by atoms with van der Waals surface area (Å²) >= 11 is 0. The Morgan fingerprint density at radius 3 is 1.44 bits per heavy atom. The van der Waals surface area contributed by atoms with Crippen molar-refractivity contribution in [2.24, 2.45) is 11.8 Å². The summed E-state index contributed by atoms with van der Waals surface area (Å²) in [4.78, 5) is 25.0. The van der Waals surface area contributed by atoms with Crippen LogP contribution >= 0.6 is 0 Å². The molecule has 0 aliphatic heterocycles. The number of hydrogen-bond donors (Lipinski definition) is 2. The molecule has 0 aromatic heterocycles. The average Bonchev–Trinajstić information content (AvgIpc) is 3.67. The smallest absolute Gasteiger partial charge is 0.336 e. The first-order valence-corrected chi connectivity index (χ1v) is 15.8. The third-order valence-electron chi connectivity index (χ3n) is 11.6. The molecule has 4 atom stereocenters. The van der Waals surface area contributed by atoms with Crippen molar-refractivity contribution < 1.29 is 19.8 Å². The second kappa shape index (κ2) is 8.94. The molecule has 4 nitrogen and oxygen atoms in total. The Balaban J connectivity index is 1.12. The lowest BCUT2D eigenvalue weighted by Crippen LogP contribution is -2.28. The minimum Gasteiger partial charge on any atom is -0.478 e. The van der Waals surface area contributed by atoms with Gasteiger partial charge in [0.2, 0.25) is 0 Å². The van der Waals surface area contributed by atoms with E-state index < -0.39 is 11.9 Å². The summed E-state index contributed by atoms with van der Waals surface area (Å²) in [6, 6.07) is 9.13. The quantitative estimate of drug-likeness (QED) is 0.344. The third kappa shape index (κ3) is 4.07. The van der Waals surface area contributed by atoms with E-state index in [1.165, 1.54) is 49.7 Å². The molecule has 0 spiro atoms. The van der Waals surface area contributed by atoms with Gasteiger partial charge in [0, 0.05) is 0 Å². The lowest BCUT2D eigenvalue weighted by atomic mass is 9.64. The van der Waals surface area contributed by atoms with Gasteiger partial charge in [-0.2, -0.15) is 0 Å². The number of carbonyl (C=O) groups is 2. The fourth-order valence-electron chi connectivity index (χ4n) is 8.37. The Kier molecular flexibility index (Phi) is 5.55. The summed E-state index contributed by atoms with van der Waals surface area (Å²) in [6.45, 7) is 0. The molecule has 2 aromatic rings. The largest absolute Gasteiger partial charge is 0.478 e. The van der Waals surface area contributed by atoms with Crippen LogP contribution in [0.1, 0.15) is 173 Å². The molecule has 6 fully saturated rings. The Morgan fingerprint density at radius 1 is 0.513 bits per heavy atom. The SMILES string of the molecule is O=C(O)c1c(C2CCC2)cc(C2CCC2C2CC2c2cc(C3CC3)cc(C3CC3)c2C(=O)O)cc1C1CCC1. The highest BCUT2D eigenvalue weighted by molar-refractivity contribution is 5.93. The second-order valence-electron chi connectivity index (χ2n) is 13.9. The van der Waals surface area contributed by atoms with E-state index >= 15 is 0 Å². The molecule has 6 saturated carbocycles. The molecule has 2 N–H and O–H groups in total. The van der Waals surface area contributed by atoms with Crippen LogP contribution < -0.4 is 0 Å². The molecule has 8 rings (SSSR count). The van der Waals surface area contributed by atoms with Crippen molar-refractivity contribution in [2.75, 3.05) is 0 Å². The second-order valence-corrected chi connectivity index (χ2v) is 13.9. The molecule has 204 valence electrons. The fourth-order valence-corrected chi connectivity index (χ4v) is 8.37. The first-order valence-electron chi connectivity index (χ1n) is 15.8. The van der Waals surface area contributed by atoms with Crippen molar-refractivity contribution in [3.8, 4) is 0 Å². The van der Waals surface area contributed by atoms with Gasteiger partial charge in [-0.1, -0.05) is 37.1 Å². The summed E-state index contributed by atoms with van der Waals surface area (Å²) in [5.41, 5.74) is 8.53. The molecular weight excluding hydrogens is 484 g/mol. The van der Waals surface area contributed by atoms with Crippen molar-refractivity contribution in [1.29, 1.82) is 0 Å². The molecule has 0 radical (unpaired) electrons. The van der Waals surface area contributed by atoms with E-state index in [4.69, 9.17) is 0 Å². The molecule has 0 saturated heterocycles. The van der Waals surface area contributed by atoms with Crippen LogP contribution in [0.3, 0.4) is 0 Å². The Hall–Kier alpha value is -2.62. The molecular formula is C35H40O4. The zero-order valence-electron chi connectivity index (χ0n) is 22.8. The molecule has 39 heavy (non-hydrogen) atoms. The van der Waals surface area contributed by atoms with Gasteiger partial charge in [-0.25, -0.2) is 9.59 Å². The highest BCUT2D eigenvalue weighted by atomic mass is 16.4. The van der Waals surface area contributed by atoms with Crippen LogP contribution in [0.2, 0.25) is 0 Å². The van der Waals surface area contributed by atoms with E-state index in [0.29, 0.717) is 58.5 Å². The van der Waals surface area contributed by atoms with Crippen LogP contribution in [0, 0.1) is 11.8 Å². The van der Waals surface area contributed by atoms with Crippen molar-refractivity contribution in [3.05, 3.63) is 68.8 Å². The van der Waals surface area contributed by atoms with Crippen LogP contribution in [-0.2, 0) is 0 Å². The summed E-state index contributed by atoms with van der Waals surface area (Å²) in [5.74, 6) is 2.44. The molecule has 0 bridgehead atoms. The predicted molar refractivity (Wildman–Crippen MR) is 150 cm³/mol. The van der Waals surface area contributed by atoms with Gasteiger partial charge in [-0.3, -0.25) is 0 Å². The van der Waals surface area contributed by atoms with E-state index in [1.807, 2.05) is 0 Å². The molecule has 4 heteroatoms. The molecule has 6 aliphatic carbocycles. The summed E-state index contributed by atoms with van der Waals surface area (Å²) in [7, 11) is 0. The molecule has 6 aliphatic rings. The van der Waals surface area contributed by atoms with Gasteiger partial charge in [-0.05, 0) is 151 Å². The number of rotatable bonds is 9. The predicted octanol–water partition coefficient (Wildman–Crippen LogP) is 8.67. The van der Waals surface area contributed by atoms with Crippen LogP contribution in [0.25, 0.3) is 0 Å². The number of carboxylic acid groups (broad SMARTS) is 2. The van der Waals surface area contributed by atoms with Gasteiger partial charge in [0.25, 0.3) is 0 Å².